The molecule has 0 saturated carbocycles. The van der Waals surface area contributed by atoms with E-state index < -0.39 is 10.8 Å². The maximum Gasteiger partial charge on any atom is 0.0716 e. The topological polar surface area (TPSA) is 6.48 Å². The van der Waals surface area contributed by atoms with E-state index in [9.17, 15) is 0 Å². The van der Waals surface area contributed by atoms with Crippen molar-refractivity contribution in [3.8, 4) is 33.4 Å². The van der Waals surface area contributed by atoms with Crippen molar-refractivity contribution in [3.63, 3.8) is 0 Å². The summed E-state index contributed by atoms with van der Waals surface area (Å²) in [5.41, 5.74) is 28.3. The van der Waals surface area contributed by atoms with Crippen molar-refractivity contribution in [3.05, 3.63) is 358 Å². The fourth-order valence-electron chi connectivity index (χ4n) is 14.2. The lowest BCUT2D eigenvalue weighted by Gasteiger charge is -2.36. The van der Waals surface area contributed by atoms with Crippen LogP contribution >= 0.6 is 23.5 Å². The monoisotopic (exact) mass is 1160 g/mol. The minimum Gasteiger partial charge on any atom is -0.310 e. The van der Waals surface area contributed by atoms with Gasteiger partial charge in [-0.25, -0.2) is 0 Å². The second-order valence-electron chi connectivity index (χ2n) is 23.2. The molecule has 0 heterocycles. The fourth-order valence-corrected chi connectivity index (χ4v) is 15.5. The van der Waals surface area contributed by atoms with Crippen molar-refractivity contribution >= 4 is 57.6 Å². The lowest BCUT2D eigenvalue weighted by molar-refractivity contribution is 0.758. The lowest BCUT2D eigenvalue weighted by atomic mass is 9.66. The third kappa shape index (κ3) is 9.54. The van der Waals surface area contributed by atoms with E-state index in [1.54, 1.807) is 0 Å². The third-order valence-electron chi connectivity index (χ3n) is 18.0. The maximum atomic E-state index is 3.99. The standard InChI is InChI=1S/C83H68N2S2/c1-7-51-87-71-47-37-63(38-48-71)83(79-53-57(4)28-30-59(79)6)77-26-18-16-24-73(77)75-50-44-69(55-81(75)83)85(65-21-13-10-14-22-65)67-41-33-61(34-42-67)60-31-39-66(40-32-60)84(64-19-11-9-12-20-64)68-43-49-74-72-23-15-17-25-76(72)82(80(74)54-68,78-52-56(3)27-29-58(78)5)62-35-45-70(46-36-62)86-8-2/h7,9-50,52-55H,1,8,51H2,2-6H3. The van der Waals surface area contributed by atoms with Crippen LogP contribution in [-0.2, 0) is 10.8 Å². The number of aryl methyl sites for hydroxylation is 4. The number of anilines is 6. The molecular formula is C83H68N2S2. The van der Waals surface area contributed by atoms with Crippen LogP contribution in [0.15, 0.2) is 301 Å². The molecule has 12 aromatic rings. The Morgan fingerprint density at radius 1 is 0.333 bits per heavy atom. The zero-order valence-corrected chi connectivity index (χ0v) is 51.6. The van der Waals surface area contributed by atoms with Gasteiger partial charge in [0.2, 0.25) is 0 Å². The summed E-state index contributed by atoms with van der Waals surface area (Å²) in [5.74, 6) is 1.90. The average Bonchev–Trinajstić information content (AvgIpc) is 1.58. The molecule has 2 nitrogen and oxygen atoms in total. The van der Waals surface area contributed by atoms with Crippen LogP contribution < -0.4 is 9.80 Å². The largest absolute Gasteiger partial charge is 0.310 e. The highest BCUT2D eigenvalue weighted by atomic mass is 32.2. The molecule has 0 amide bonds. The molecule has 0 N–H and O–H groups in total. The molecule has 0 radical (unpaired) electrons. The molecule has 2 aliphatic carbocycles. The van der Waals surface area contributed by atoms with Crippen LogP contribution in [0.1, 0.15) is 73.7 Å². The molecule has 0 bridgehead atoms. The first-order valence-electron chi connectivity index (χ1n) is 30.3. The summed E-state index contributed by atoms with van der Waals surface area (Å²) in [6.07, 6.45) is 1.98. The van der Waals surface area contributed by atoms with E-state index >= 15 is 0 Å². The quantitative estimate of drug-likeness (QED) is 0.0702. The van der Waals surface area contributed by atoms with Gasteiger partial charge in [0.1, 0.15) is 0 Å². The van der Waals surface area contributed by atoms with Crippen molar-refractivity contribution in [2.75, 3.05) is 21.3 Å². The Kier molecular flexibility index (Phi) is 14.8. The Morgan fingerprint density at radius 3 is 1.11 bits per heavy atom. The zero-order chi connectivity index (χ0) is 59.2. The van der Waals surface area contributed by atoms with E-state index in [0.29, 0.717) is 0 Å². The fraction of sp³-hybridized carbons (Fsp3) is 0.108. The van der Waals surface area contributed by atoms with E-state index in [1.165, 1.54) is 98.8 Å². The van der Waals surface area contributed by atoms with Crippen LogP contribution in [0.2, 0.25) is 0 Å². The number of para-hydroxylation sites is 2. The molecule has 0 fully saturated rings. The predicted octanol–water partition coefficient (Wildman–Crippen LogP) is 22.6. The Hall–Kier alpha value is -9.32. The van der Waals surface area contributed by atoms with E-state index in [2.05, 4.69) is 330 Å². The van der Waals surface area contributed by atoms with Gasteiger partial charge in [0.25, 0.3) is 0 Å². The Bertz CT molecular complexity index is 4510. The molecule has 12 aromatic carbocycles. The van der Waals surface area contributed by atoms with E-state index in [1.807, 2.05) is 29.6 Å². The van der Waals surface area contributed by atoms with Crippen LogP contribution in [0.25, 0.3) is 33.4 Å². The zero-order valence-electron chi connectivity index (χ0n) is 50.0. The summed E-state index contributed by atoms with van der Waals surface area (Å²) >= 11 is 3.71. The van der Waals surface area contributed by atoms with Crippen LogP contribution in [-0.4, -0.2) is 11.5 Å². The van der Waals surface area contributed by atoms with Crippen LogP contribution in [0.5, 0.6) is 0 Å². The number of benzene rings is 12. The van der Waals surface area contributed by atoms with Crippen molar-refractivity contribution in [2.24, 2.45) is 0 Å². The third-order valence-corrected chi connectivity index (χ3v) is 19.9. The van der Waals surface area contributed by atoms with Crippen molar-refractivity contribution in [1.82, 2.24) is 0 Å². The van der Waals surface area contributed by atoms with Crippen molar-refractivity contribution < 1.29 is 0 Å². The molecular weight excluding hydrogens is 1090 g/mol. The first-order valence-corrected chi connectivity index (χ1v) is 32.3. The first kappa shape index (κ1) is 55.5. The minimum atomic E-state index is -0.564. The summed E-state index contributed by atoms with van der Waals surface area (Å²) in [7, 11) is 0. The normalized spacial score (nSPS) is 15.3. The van der Waals surface area contributed by atoms with Gasteiger partial charge in [-0.3, -0.25) is 0 Å². The lowest BCUT2D eigenvalue weighted by Crippen LogP contribution is -2.30. The van der Waals surface area contributed by atoms with Gasteiger partial charge in [0.05, 0.1) is 10.8 Å². The van der Waals surface area contributed by atoms with Gasteiger partial charge >= 0.3 is 0 Å². The summed E-state index contributed by atoms with van der Waals surface area (Å²) in [6, 6.07) is 105. The predicted molar refractivity (Wildman–Crippen MR) is 372 cm³/mol. The van der Waals surface area contributed by atoms with Gasteiger partial charge in [-0.2, -0.15) is 0 Å². The molecule has 4 heteroatoms. The van der Waals surface area contributed by atoms with Gasteiger partial charge in [-0.15, -0.1) is 30.1 Å². The molecule has 87 heavy (non-hydrogen) atoms. The van der Waals surface area contributed by atoms with Crippen LogP contribution in [0, 0.1) is 27.7 Å². The Morgan fingerprint density at radius 2 is 0.701 bits per heavy atom. The number of hydrogen-bond acceptors (Lipinski definition) is 4. The molecule has 2 aliphatic rings. The van der Waals surface area contributed by atoms with E-state index in [4.69, 9.17) is 0 Å². The smallest absolute Gasteiger partial charge is 0.0716 e. The number of fused-ring (bicyclic) bond motifs is 6. The molecule has 0 aromatic heterocycles. The van der Waals surface area contributed by atoms with E-state index in [0.717, 1.165) is 56.8 Å². The highest BCUT2D eigenvalue weighted by Crippen LogP contribution is 2.60. The second kappa shape index (κ2) is 23.2. The van der Waals surface area contributed by atoms with Gasteiger partial charge in [-0.05, 0) is 220 Å². The Labute approximate surface area is 522 Å². The van der Waals surface area contributed by atoms with Gasteiger partial charge < -0.3 is 9.80 Å². The molecule has 422 valence electrons. The SMILES string of the molecule is C=CCSc1ccc(C2(c3cc(C)ccc3C)c3ccccc3-c3ccc(N(c4ccccc4)c4ccc(-c5ccc(N(c6ccccc6)c6ccc7c(c6)C(c6ccc(SCC)cc6)(c6cc(C)ccc6C)c6ccccc6-7)cc5)cc4)cc32)cc1. The molecule has 14 rings (SSSR count). The minimum absolute atomic E-state index is 0.545. The van der Waals surface area contributed by atoms with Gasteiger partial charge in [-0.1, -0.05) is 206 Å². The summed E-state index contributed by atoms with van der Waals surface area (Å²) in [6.45, 7) is 15.2. The number of nitrogens with zero attached hydrogens (tertiary/aromatic N) is 2. The number of thioether (sulfide) groups is 2. The summed E-state index contributed by atoms with van der Waals surface area (Å²) < 4.78 is 0. The number of rotatable bonds is 16. The highest BCUT2D eigenvalue weighted by molar-refractivity contribution is 7.99. The molecule has 0 saturated heterocycles. The van der Waals surface area contributed by atoms with Crippen molar-refractivity contribution in [2.45, 2.75) is 55.2 Å². The molecule has 2 unspecified atom stereocenters. The maximum absolute atomic E-state index is 3.99. The van der Waals surface area contributed by atoms with E-state index in [-0.39, 0.29) is 0 Å². The summed E-state index contributed by atoms with van der Waals surface area (Å²) in [5, 5.41) is 0. The van der Waals surface area contributed by atoms with Crippen LogP contribution in [0.3, 0.4) is 0 Å². The van der Waals surface area contributed by atoms with Gasteiger partial charge in [0.15, 0.2) is 0 Å². The van der Waals surface area contributed by atoms with Gasteiger partial charge in [0, 0.05) is 49.7 Å². The Balaban J connectivity index is 0.853. The van der Waals surface area contributed by atoms with Crippen molar-refractivity contribution in [1.29, 1.82) is 0 Å². The molecule has 0 spiro atoms. The highest BCUT2D eigenvalue weighted by Gasteiger charge is 2.49. The second-order valence-corrected chi connectivity index (χ2v) is 25.6. The first-order chi connectivity index (χ1) is 42.7. The summed E-state index contributed by atoms with van der Waals surface area (Å²) in [4.78, 5) is 7.36. The van der Waals surface area contributed by atoms with Crippen LogP contribution in [0.4, 0.5) is 34.1 Å². The average molecular weight is 1160 g/mol. The molecule has 0 aliphatic heterocycles. The number of hydrogen-bond donors (Lipinski definition) is 0. The molecule has 2 atom stereocenters.